The second-order valence-corrected chi connectivity index (χ2v) is 12.6. The van der Waals surface area contributed by atoms with Crippen LogP contribution in [-0.4, -0.2) is 25.2 Å². The minimum atomic E-state index is -0.852. The van der Waals surface area contributed by atoms with Gasteiger partial charge in [0.15, 0.2) is 5.54 Å². The molecule has 0 aliphatic heterocycles. The number of hydrogen-bond acceptors (Lipinski definition) is 5. The molecular formula is C43H32ClN5O. The number of aryl methyl sites for hydroxylation is 1. The Balaban J connectivity index is 1.14. The third-order valence-electron chi connectivity index (χ3n) is 8.98. The normalized spacial score (nSPS) is 11.5. The molecule has 0 amide bonds. The molecule has 0 atom stereocenters. The number of hydrogen-bond donors (Lipinski definition) is 0. The van der Waals surface area contributed by atoms with Crippen molar-refractivity contribution in [3.8, 4) is 28.3 Å². The molecule has 0 fully saturated rings. The lowest BCUT2D eigenvalue weighted by Crippen LogP contribution is -2.39. The Bertz CT molecular complexity index is 2300. The van der Waals surface area contributed by atoms with Gasteiger partial charge in [-0.1, -0.05) is 151 Å². The highest BCUT2D eigenvalue weighted by Crippen LogP contribution is 2.40. The topological polar surface area (TPSA) is 65.7 Å². The molecule has 7 heteroatoms. The maximum absolute atomic E-state index is 6.29. The van der Waals surface area contributed by atoms with Crippen molar-refractivity contribution in [1.29, 1.82) is 0 Å². The fourth-order valence-electron chi connectivity index (χ4n) is 6.63. The molecule has 50 heavy (non-hydrogen) atoms. The minimum absolute atomic E-state index is 0.406. The van der Waals surface area contributed by atoms with E-state index in [1.54, 1.807) is 4.80 Å². The van der Waals surface area contributed by atoms with Gasteiger partial charge in [0.2, 0.25) is 5.82 Å². The molecule has 0 aliphatic carbocycles. The van der Waals surface area contributed by atoms with Gasteiger partial charge in [-0.2, -0.15) is 0 Å². The van der Waals surface area contributed by atoms with E-state index in [0.717, 1.165) is 61.3 Å². The van der Waals surface area contributed by atoms with Gasteiger partial charge in [-0.05, 0) is 63.7 Å². The zero-order valence-corrected chi connectivity index (χ0v) is 28.1. The molecule has 0 spiro atoms. The van der Waals surface area contributed by atoms with Crippen molar-refractivity contribution in [2.45, 2.75) is 19.1 Å². The maximum Gasteiger partial charge on any atom is 0.205 e. The quantitative estimate of drug-likeness (QED) is 0.143. The van der Waals surface area contributed by atoms with E-state index in [1.165, 1.54) is 0 Å². The van der Waals surface area contributed by atoms with Crippen LogP contribution in [0, 0.1) is 6.92 Å². The van der Waals surface area contributed by atoms with Crippen LogP contribution in [0.5, 0.6) is 5.75 Å². The maximum atomic E-state index is 6.29. The van der Waals surface area contributed by atoms with Gasteiger partial charge in [0.1, 0.15) is 12.4 Å². The van der Waals surface area contributed by atoms with Crippen molar-refractivity contribution in [2.24, 2.45) is 0 Å². The number of pyridine rings is 1. The molecule has 0 aliphatic rings. The Morgan fingerprint density at radius 2 is 1.22 bits per heavy atom. The first-order valence-electron chi connectivity index (χ1n) is 16.4. The molecule has 6 nitrogen and oxygen atoms in total. The van der Waals surface area contributed by atoms with E-state index in [-0.39, 0.29) is 0 Å². The molecule has 242 valence electrons. The lowest BCUT2D eigenvalue weighted by atomic mass is 9.77. The van der Waals surface area contributed by atoms with Crippen LogP contribution in [0.1, 0.15) is 27.9 Å². The molecule has 0 unspecified atom stereocenters. The van der Waals surface area contributed by atoms with Crippen LogP contribution in [0.3, 0.4) is 0 Å². The van der Waals surface area contributed by atoms with Crippen molar-refractivity contribution in [1.82, 2.24) is 25.2 Å². The third-order valence-corrected chi connectivity index (χ3v) is 9.21. The van der Waals surface area contributed by atoms with Crippen LogP contribution in [0.2, 0.25) is 5.02 Å². The Morgan fingerprint density at radius 3 is 1.84 bits per heavy atom. The Morgan fingerprint density at radius 1 is 0.640 bits per heavy atom. The standard InChI is InChI=1S/C43H32ClN5O/c1-30-27-41(39-28-36(44)25-26-40(39)45-30)50-29-31-21-23-32(24-22-31)37-19-11-12-20-38(37)42-46-48-49(47-42)43(33-13-5-2-6-14-33,34-15-7-3-8-16-34)35-17-9-4-10-18-35/h2-28H,29H2,1H3. The van der Waals surface area contributed by atoms with Crippen LogP contribution in [0.15, 0.2) is 164 Å². The smallest absolute Gasteiger partial charge is 0.205 e. The summed E-state index contributed by atoms with van der Waals surface area (Å²) >= 11 is 6.29. The Hall–Kier alpha value is -6.11. The lowest BCUT2D eigenvalue weighted by Gasteiger charge is -2.34. The molecule has 0 radical (unpaired) electrons. The predicted molar refractivity (Wildman–Crippen MR) is 199 cm³/mol. The number of ether oxygens (including phenoxy) is 1. The lowest BCUT2D eigenvalue weighted by molar-refractivity contribution is 0.309. The fraction of sp³-hybridized carbons (Fsp3) is 0.0698. The summed E-state index contributed by atoms with van der Waals surface area (Å²) in [7, 11) is 0. The highest BCUT2D eigenvalue weighted by molar-refractivity contribution is 6.31. The van der Waals surface area contributed by atoms with Gasteiger partial charge in [-0.3, -0.25) is 4.98 Å². The van der Waals surface area contributed by atoms with Crippen molar-refractivity contribution >= 4 is 22.5 Å². The summed E-state index contributed by atoms with van der Waals surface area (Å²) in [5.41, 5.74) is 7.97. The van der Waals surface area contributed by atoms with E-state index in [4.69, 9.17) is 31.7 Å². The average molecular weight is 670 g/mol. The molecule has 8 rings (SSSR count). The first-order valence-corrected chi connectivity index (χ1v) is 16.8. The molecular weight excluding hydrogens is 638 g/mol. The molecule has 0 saturated heterocycles. The molecule has 2 aromatic heterocycles. The summed E-state index contributed by atoms with van der Waals surface area (Å²) in [4.78, 5) is 6.38. The van der Waals surface area contributed by atoms with Gasteiger partial charge >= 0.3 is 0 Å². The third kappa shape index (κ3) is 5.80. The first-order chi connectivity index (χ1) is 24.6. The SMILES string of the molecule is Cc1cc(OCc2ccc(-c3ccccc3-c3nnn(C(c4ccccc4)(c4ccccc4)c4ccccc4)n3)cc2)c2cc(Cl)ccc2n1. The van der Waals surface area contributed by atoms with Crippen LogP contribution < -0.4 is 4.74 Å². The van der Waals surface area contributed by atoms with E-state index in [2.05, 4.69) is 71.7 Å². The van der Waals surface area contributed by atoms with Gasteiger partial charge < -0.3 is 4.74 Å². The molecule has 2 heterocycles. The summed E-state index contributed by atoms with van der Waals surface area (Å²) < 4.78 is 6.29. The van der Waals surface area contributed by atoms with E-state index >= 15 is 0 Å². The Kier molecular flexibility index (Phi) is 8.37. The number of fused-ring (bicyclic) bond motifs is 1. The van der Waals surface area contributed by atoms with Gasteiger partial charge in [0.05, 0.1) is 5.52 Å². The van der Waals surface area contributed by atoms with Gasteiger partial charge in [0.25, 0.3) is 0 Å². The summed E-state index contributed by atoms with van der Waals surface area (Å²) in [6.45, 7) is 2.37. The van der Waals surface area contributed by atoms with Crippen LogP contribution in [0.25, 0.3) is 33.4 Å². The highest BCUT2D eigenvalue weighted by Gasteiger charge is 2.41. The molecule has 0 saturated carbocycles. The van der Waals surface area contributed by atoms with Crippen molar-refractivity contribution in [2.75, 3.05) is 0 Å². The molecule has 6 aromatic carbocycles. The molecule has 8 aromatic rings. The van der Waals surface area contributed by atoms with Crippen LogP contribution >= 0.6 is 11.6 Å². The molecule has 0 bridgehead atoms. The van der Waals surface area contributed by atoms with Crippen molar-refractivity contribution < 1.29 is 4.74 Å². The summed E-state index contributed by atoms with van der Waals surface area (Å²) in [5.74, 6) is 1.30. The minimum Gasteiger partial charge on any atom is -0.488 e. The molecule has 0 N–H and O–H groups in total. The summed E-state index contributed by atoms with van der Waals surface area (Å²) in [5, 5.41) is 16.1. The second kappa shape index (κ2) is 13.4. The van der Waals surface area contributed by atoms with E-state index in [1.807, 2.05) is 104 Å². The van der Waals surface area contributed by atoms with Crippen LogP contribution in [-0.2, 0) is 12.1 Å². The number of nitrogens with zero attached hydrogens (tertiary/aromatic N) is 5. The summed E-state index contributed by atoms with van der Waals surface area (Å²) in [6, 6.07) is 55.3. The summed E-state index contributed by atoms with van der Waals surface area (Å²) in [6.07, 6.45) is 0. The zero-order valence-electron chi connectivity index (χ0n) is 27.3. The van der Waals surface area contributed by atoms with Gasteiger partial charge in [-0.15, -0.1) is 15.0 Å². The fourth-order valence-corrected chi connectivity index (χ4v) is 6.80. The second-order valence-electron chi connectivity index (χ2n) is 12.2. The zero-order chi connectivity index (χ0) is 33.9. The van der Waals surface area contributed by atoms with E-state index in [9.17, 15) is 0 Å². The van der Waals surface area contributed by atoms with Crippen LogP contribution in [0.4, 0.5) is 0 Å². The van der Waals surface area contributed by atoms with Crippen molar-refractivity contribution in [3.05, 3.63) is 197 Å². The number of rotatable bonds is 9. The van der Waals surface area contributed by atoms with Gasteiger partial charge in [-0.25, -0.2) is 0 Å². The number of aromatic nitrogens is 5. The number of tetrazole rings is 1. The largest absolute Gasteiger partial charge is 0.488 e. The monoisotopic (exact) mass is 669 g/mol. The first kappa shape index (κ1) is 31.2. The Labute approximate surface area is 295 Å². The number of halogens is 1. The van der Waals surface area contributed by atoms with Crippen molar-refractivity contribution in [3.63, 3.8) is 0 Å². The van der Waals surface area contributed by atoms with Gasteiger partial charge in [0, 0.05) is 27.7 Å². The highest BCUT2D eigenvalue weighted by atomic mass is 35.5. The average Bonchev–Trinajstić information content (AvgIpc) is 3.66. The van der Waals surface area contributed by atoms with E-state index in [0.29, 0.717) is 17.5 Å². The predicted octanol–water partition coefficient (Wildman–Crippen LogP) is 9.94. The van der Waals surface area contributed by atoms with E-state index < -0.39 is 5.54 Å². The number of benzene rings is 6.